The van der Waals surface area contributed by atoms with Crippen LogP contribution in [0.3, 0.4) is 0 Å². The van der Waals surface area contributed by atoms with Crippen LogP contribution < -0.4 is 72.0 Å². The number of hydrogen-bond acceptors (Lipinski definition) is 12. The van der Waals surface area contributed by atoms with E-state index in [4.69, 9.17) is 9.84 Å². The minimum absolute atomic E-state index is 0. The number of sulfone groups is 1. The number of benzene rings is 3. The first-order valence-electron chi connectivity index (χ1n) is 19.5. The molecule has 19 heteroatoms. The number of nitrogens with zero attached hydrogens (tertiary/aromatic N) is 1. The summed E-state index contributed by atoms with van der Waals surface area (Å²) in [5, 5.41) is 49.2. The van der Waals surface area contributed by atoms with Crippen LogP contribution in [0.5, 0.6) is 0 Å². The van der Waals surface area contributed by atoms with Gasteiger partial charge in [0.15, 0.2) is 9.84 Å². The molecule has 330 valence electrons. The molecule has 1 fully saturated rings. The summed E-state index contributed by atoms with van der Waals surface area (Å²) in [7, 11) is -4.95. The number of aliphatic hydroxyl groups excluding tert-OH is 3. The third kappa shape index (κ3) is 14.0. The molecule has 1 aliphatic heterocycles. The number of hydrogen-bond donors (Lipinski definition) is 6. The van der Waals surface area contributed by atoms with E-state index in [0.717, 1.165) is 24.1 Å². The summed E-state index contributed by atoms with van der Waals surface area (Å²) in [4.78, 5) is 15.6. The van der Waals surface area contributed by atoms with Gasteiger partial charge in [0.25, 0.3) is 0 Å². The molecular formula is C41H60KN3O13S2. The van der Waals surface area contributed by atoms with Crippen molar-refractivity contribution in [3.05, 3.63) is 89.5 Å². The Labute approximate surface area is 396 Å². The van der Waals surface area contributed by atoms with Gasteiger partial charge in [-0.25, -0.2) is 17.4 Å². The molecule has 8 atom stereocenters. The second-order valence-electron chi connectivity index (χ2n) is 15.2. The third-order valence-electron chi connectivity index (χ3n) is 11.0. The van der Waals surface area contributed by atoms with Gasteiger partial charge in [0.05, 0.1) is 42.1 Å². The van der Waals surface area contributed by atoms with Crippen LogP contribution in [0.1, 0.15) is 75.5 Å². The van der Waals surface area contributed by atoms with Gasteiger partial charge in [0, 0.05) is 42.7 Å². The fraction of sp³-hybridized carbons (Fsp3) is 0.537. The van der Waals surface area contributed by atoms with E-state index < -0.39 is 80.6 Å². The molecule has 0 bridgehead atoms. The Bertz CT molecular complexity index is 2030. The molecular weight excluding hydrogens is 846 g/mol. The van der Waals surface area contributed by atoms with E-state index in [1.807, 2.05) is 38.9 Å². The quantitative estimate of drug-likeness (QED) is 0.0906. The van der Waals surface area contributed by atoms with Gasteiger partial charge in [-0.15, -0.1) is 6.61 Å². The van der Waals surface area contributed by atoms with Gasteiger partial charge >= 0.3 is 67.8 Å². The molecule has 0 aromatic heterocycles. The summed E-state index contributed by atoms with van der Waals surface area (Å²) in [6.45, 7) is 4.87. The number of carbonyl (C=O) groups is 1. The Morgan fingerprint density at radius 3 is 2.25 bits per heavy atom. The molecule has 3 aromatic carbocycles. The van der Waals surface area contributed by atoms with Gasteiger partial charge in [-0.1, -0.05) is 76.1 Å². The van der Waals surface area contributed by atoms with Crippen LogP contribution >= 0.6 is 0 Å². The minimum atomic E-state index is -4.85. The monoisotopic (exact) mass is 905 g/mol. The number of ether oxygens (including phenoxy) is 1. The van der Waals surface area contributed by atoms with Crippen molar-refractivity contribution in [3.63, 3.8) is 0 Å². The van der Waals surface area contributed by atoms with Crippen LogP contribution in [0.15, 0.2) is 77.7 Å². The third-order valence-corrected chi connectivity index (χ3v) is 13.4. The molecule has 0 unspecified atom stereocenters. The average Bonchev–Trinajstić information content (AvgIpc) is 3.24. The largest absolute Gasteiger partial charge is 1.00 e. The number of aliphatic hydroxyl groups is 3. The molecule has 1 heterocycles. The zero-order valence-corrected chi connectivity index (χ0v) is 39.9. The number of rotatable bonds is 14. The van der Waals surface area contributed by atoms with E-state index >= 15 is 0 Å². The van der Waals surface area contributed by atoms with Crippen molar-refractivity contribution in [3.8, 4) is 0 Å². The van der Waals surface area contributed by atoms with Crippen molar-refractivity contribution in [2.24, 2.45) is 11.3 Å². The van der Waals surface area contributed by atoms with Crippen LogP contribution in [0.2, 0.25) is 0 Å². The van der Waals surface area contributed by atoms with Crippen LogP contribution in [0, 0.1) is 11.3 Å². The van der Waals surface area contributed by atoms with E-state index in [0.29, 0.717) is 29.7 Å². The maximum Gasteiger partial charge on any atom is 1.00 e. The van der Waals surface area contributed by atoms with Crippen molar-refractivity contribution in [1.29, 1.82) is 0 Å². The number of amides is 2. The zero-order valence-electron chi connectivity index (χ0n) is 35.2. The predicted molar refractivity (Wildman–Crippen MR) is 222 cm³/mol. The number of anilines is 2. The smallest absolute Gasteiger partial charge is 0.855 e. The first-order valence-corrected chi connectivity index (χ1v) is 22.5. The number of nitrogens with one attached hydrogen (secondary N) is 2. The second-order valence-corrected chi connectivity index (χ2v) is 18.2. The molecule has 2 amide bonds. The fourth-order valence-corrected chi connectivity index (χ4v) is 10.5. The molecule has 60 heavy (non-hydrogen) atoms. The zero-order chi connectivity index (χ0) is 42.8. The fourth-order valence-electron chi connectivity index (χ4n) is 7.90. The Hall–Kier alpha value is -2.05. The predicted octanol–water partition coefficient (Wildman–Crippen LogP) is -0.198. The molecule has 1 saturated carbocycles. The number of fused-ring (bicyclic) bond motifs is 1. The van der Waals surface area contributed by atoms with Gasteiger partial charge < -0.3 is 46.2 Å². The Balaban J connectivity index is 0.00000241. The molecule has 0 spiro atoms. The summed E-state index contributed by atoms with van der Waals surface area (Å²) < 4.78 is 70.5. The molecule has 3 aromatic rings. The van der Waals surface area contributed by atoms with Crippen molar-refractivity contribution in [2.45, 2.75) is 101 Å². The van der Waals surface area contributed by atoms with Gasteiger partial charge in [-0.2, -0.15) is 8.42 Å². The van der Waals surface area contributed by atoms with Crippen LogP contribution in [0.4, 0.5) is 16.2 Å². The first kappa shape index (κ1) is 54.1. The summed E-state index contributed by atoms with van der Waals surface area (Å²) in [5.41, 5.74) is 1.96. The maximum absolute atomic E-state index is 14.0. The van der Waals surface area contributed by atoms with E-state index in [1.54, 1.807) is 73.7 Å². The molecule has 5 rings (SSSR count). The number of carbonyl (C=O) groups excluding carboxylic acids is 1. The minimum Gasteiger partial charge on any atom is -0.855 e. The molecule has 8 N–H and O–H groups in total. The van der Waals surface area contributed by atoms with Gasteiger partial charge in [0.2, 0.25) is 0 Å². The van der Waals surface area contributed by atoms with Gasteiger partial charge in [-0.05, 0) is 66.3 Å². The summed E-state index contributed by atoms with van der Waals surface area (Å²) in [5.74, 6) is -1.93. The van der Waals surface area contributed by atoms with Crippen molar-refractivity contribution < 1.29 is 112 Å². The SMILES string of the molecule is CCCC[C@]1(CC)CS(=O)(=O)c2ccc(N(C)C)cc2[C@@H](c2cccc(NC(=O)N[C@@H]3C[C@H](COS(=O)(=O)O)[C@@H](O)[C@H](OCc4ccccc4)[C@H]3O)c2)[C@H]1O.CC[O-].O.[K+]. The summed E-state index contributed by atoms with van der Waals surface area (Å²) in [6.07, 6.45) is -2.79. The van der Waals surface area contributed by atoms with E-state index in [1.165, 1.54) is 0 Å². The van der Waals surface area contributed by atoms with E-state index in [9.17, 15) is 41.5 Å². The normalized spacial score (nSPS) is 25.7. The Morgan fingerprint density at radius 1 is 0.983 bits per heavy atom. The van der Waals surface area contributed by atoms with E-state index in [-0.39, 0.29) is 87.1 Å². The van der Waals surface area contributed by atoms with E-state index in [2.05, 4.69) is 14.8 Å². The molecule has 0 radical (unpaired) electrons. The summed E-state index contributed by atoms with van der Waals surface area (Å²) >= 11 is 0. The molecule has 2 aliphatic rings. The molecule has 0 saturated heterocycles. The number of urea groups is 1. The van der Waals surface area contributed by atoms with Crippen molar-refractivity contribution in [2.75, 3.05) is 43.3 Å². The van der Waals surface area contributed by atoms with Gasteiger partial charge in [0.1, 0.15) is 12.2 Å². The van der Waals surface area contributed by atoms with Crippen LogP contribution in [-0.2, 0) is 35.8 Å². The standard InChI is InChI=1S/C39H53N3O11S2.C2H5O.K.H2O/c1-5-7-18-39(6-2)24-54(47,48)32-17-16-29(42(3)4)21-30(32)33(37(39)45)26-14-11-15-28(19-26)40-38(46)41-31-20-27(23-53-55(49,50)51)34(43)36(35(31)44)52-22-25-12-9-8-10-13-25;1-2-3;;/h8-17,19,21,27,31,33-37,43-45H,5-7,18,20,22-24H2,1-4H3,(H2,40,41,46)(H,49,50,51);2H2,1H3;;1H2/q;-1;+1;/t27-,31-,33-,34-,35+,36+,37-,39-;;;/m1.../s1. The molecule has 16 nitrogen and oxygen atoms in total. The Morgan fingerprint density at radius 2 is 1.65 bits per heavy atom. The van der Waals surface area contributed by atoms with Crippen molar-refractivity contribution in [1.82, 2.24) is 5.32 Å². The average molecular weight is 906 g/mol. The van der Waals surface area contributed by atoms with Crippen LogP contribution in [-0.4, -0.2) is 112 Å². The maximum atomic E-state index is 14.0. The topological polar surface area (TPSA) is 267 Å². The van der Waals surface area contributed by atoms with Crippen LogP contribution in [0.25, 0.3) is 0 Å². The Kier molecular flexibility index (Phi) is 21.7. The number of unbranched alkanes of at least 4 members (excludes halogenated alkanes) is 1. The van der Waals surface area contributed by atoms with Gasteiger partial charge in [-0.3, -0.25) is 4.55 Å². The summed E-state index contributed by atoms with van der Waals surface area (Å²) in [6, 6.07) is 19.2. The second kappa shape index (κ2) is 24.1. The molecule has 1 aliphatic carbocycles. The first-order chi connectivity index (χ1) is 27.4. The van der Waals surface area contributed by atoms with Crippen molar-refractivity contribution >= 4 is 37.6 Å².